The molecule has 2 N–H and O–H groups in total. The van der Waals surface area contributed by atoms with E-state index < -0.39 is 5.54 Å². The van der Waals surface area contributed by atoms with Crippen molar-refractivity contribution in [2.45, 2.75) is 51.6 Å². The van der Waals surface area contributed by atoms with Gasteiger partial charge in [-0.15, -0.1) is 0 Å². The van der Waals surface area contributed by atoms with Crippen molar-refractivity contribution in [2.24, 2.45) is 5.92 Å². The Morgan fingerprint density at radius 3 is 2.75 bits per heavy atom. The largest absolute Gasteiger partial charge is 0.329 e. The molecule has 2 fully saturated rings. The van der Waals surface area contributed by atoms with Crippen LogP contribution < -0.4 is 10.2 Å². The highest BCUT2D eigenvalue weighted by Crippen LogP contribution is 2.37. The molecule has 5 heteroatoms. The van der Waals surface area contributed by atoms with Gasteiger partial charge in [0.05, 0.1) is 7.05 Å². The van der Waals surface area contributed by atoms with Gasteiger partial charge >= 0.3 is 6.03 Å². The minimum Gasteiger partial charge on any atom is -0.323 e. The summed E-state index contributed by atoms with van der Waals surface area (Å²) in [5, 5.41) is 3.02. The van der Waals surface area contributed by atoms with Crippen molar-refractivity contribution in [1.29, 1.82) is 0 Å². The lowest BCUT2D eigenvalue weighted by Gasteiger charge is -2.36. The average Bonchev–Trinajstić information content (AvgIpc) is 2.78. The van der Waals surface area contributed by atoms with Crippen LogP contribution in [0, 0.1) is 12.8 Å². The number of hydrogen-bond donors (Lipinski definition) is 2. The summed E-state index contributed by atoms with van der Waals surface area (Å²) in [5.74, 6) is 0.188. The Bertz CT molecular complexity index is 645. The van der Waals surface area contributed by atoms with Gasteiger partial charge in [0.2, 0.25) is 0 Å². The molecule has 24 heavy (non-hydrogen) atoms. The molecule has 1 unspecified atom stereocenters. The summed E-state index contributed by atoms with van der Waals surface area (Å²) in [6, 6.07) is 8.03. The number of benzene rings is 1. The van der Waals surface area contributed by atoms with Gasteiger partial charge < -0.3 is 10.2 Å². The van der Waals surface area contributed by atoms with E-state index in [1.165, 1.54) is 16.0 Å². The zero-order valence-electron chi connectivity index (χ0n) is 14.9. The number of carbonyl (C=O) groups is 2. The predicted molar refractivity (Wildman–Crippen MR) is 92.4 cm³/mol. The first-order valence-electron chi connectivity index (χ1n) is 8.94. The highest BCUT2D eigenvalue weighted by Gasteiger charge is 2.55. The number of urea groups is 1. The quantitative estimate of drug-likeness (QED) is 0.822. The summed E-state index contributed by atoms with van der Waals surface area (Å²) in [6.07, 6.45) is 3.93. The summed E-state index contributed by atoms with van der Waals surface area (Å²) in [6.45, 7) is 5.39. The van der Waals surface area contributed by atoms with Gasteiger partial charge in [-0.05, 0) is 31.2 Å². The molecule has 0 bridgehead atoms. The van der Waals surface area contributed by atoms with Crippen molar-refractivity contribution in [3.05, 3.63) is 35.4 Å². The second-order valence-electron chi connectivity index (χ2n) is 7.50. The molecule has 3 rings (SSSR count). The first-order chi connectivity index (χ1) is 11.4. The maximum absolute atomic E-state index is 13.0. The fourth-order valence-electron chi connectivity index (χ4n) is 4.10. The van der Waals surface area contributed by atoms with Crippen LogP contribution in [0.4, 0.5) is 4.79 Å². The molecule has 130 valence electrons. The number of hydrogen-bond acceptors (Lipinski definition) is 2. The van der Waals surface area contributed by atoms with Crippen LogP contribution in [0.2, 0.25) is 0 Å². The third-order valence-corrected chi connectivity index (χ3v) is 5.68. The zero-order valence-corrected chi connectivity index (χ0v) is 14.9. The van der Waals surface area contributed by atoms with Gasteiger partial charge in [0.25, 0.3) is 5.91 Å². The maximum Gasteiger partial charge on any atom is 0.329 e. The Balaban J connectivity index is 1.70. The van der Waals surface area contributed by atoms with Crippen LogP contribution in [0.5, 0.6) is 0 Å². The Hall–Kier alpha value is -1.88. The topological polar surface area (TPSA) is 53.9 Å². The SMILES string of the molecule is Cc1ccccc1C[NH+](C)CN1C(=O)N[C@@]2(CCCC[C@@H]2C)C1=O. The van der Waals surface area contributed by atoms with Crippen molar-refractivity contribution in [1.82, 2.24) is 10.2 Å². The lowest BCUT2D eigenvalue weighted by atomic mass is 9.73. The van der Waals surface area contributed by atoms with Crippen LogP contribution >= 0.6 is 0 Å². The van der Waals surface area contributed by atoms with Crippen LogP contribution in [-0.4, -0.2) is 36.1 Å². The summed E-state index contributed by atoms with van der Waals surface area (Å²) >= 11 is 0. The molecular weight excluding hydrogens is 302 g/mol. The minimum absolute atomic E-state index is 0.0242. The number of nitrogens with one attached hydrogen (secondary N) is 2. The van der Waals surface area contributed by atoms with E-state index >= 15 is 0 Å². The van der Waals surface area contributed by atoms with E-state index in [2.05, 4.69) is 31.3 Å². The minimum atomic E-state index is -0.654. The van der Waals surface area contributed by atoms with E-state index in [9.17, 15) is 9.59 Å². The standard InChI is InChI=1S/C19H27N3O2/c1-14-8-4-5-10-16(14)12-21(3)13-22-17(23)19(20-18(22)24)11-7-6-9-15(19)2/h4-5,8,10,15H,6-7,9,11-13H2,1-3H3,(H,20,24)/p+1/t15-,19+/m0/s1. The molecule has 1 heterocycles. The maximum atomic E-state index is 13.0. The van der Waals surface area contributed by atoms with Crippen LogP contribution in [-0.2, 0) is 11.3 Å². The van der Waals surface area contributed by atoms with Gasteiger partial charge in [0.15, 0.2) is 6.67 Å². The van der Waals surface area contributed by atoms with Crippen LogP contribution in [0.3, 0.4) is 0 Å². The number of nitrogens with zero attached hydrogens (tertiary/aromatic N) is 1. The molecule has 1 aliphatic carbocycles. The van der Waals surface area contributed by atoms with Gasteiger partial charge in [0.1, 0.15) is 12.1 Å². The van der Waals surface area contributed by atoms with E-state index in [0.29, 0.717) is 6.67 Å². The fourth-order valence-corrected chi connectivity index (χ4v) is 4.10. The van der Waals surface area contributed by atoms with Gasteiger partial charge in [-0.3, -0.25) is 4.79 Å². The molecule has 1 saturated carbocycles. The Kier molecular flexibility index (Phi) is 4.63. The van der Waals surface area contributed by atoms with E-state index in [1.54, 1.807) is 0 Å². The lowest BCUT2D eigenvalue weighted by molar-refractivity contribution is -0.901. The fraction of sp³-hybridized carbons (Fsp3) is 0.579. The lowest BCUT2D eigenvalue weighted by Crippen LogP contribution is -3.09. The Labute approximate surface area is 144 Å². The van der Waals surface area contributed by atoms with Crippen molar-refractivity contribution >= 4 is 11.9 Å². The van der Waals surface area contributed by atoms with Gasteiger partial charge in [-0.1, -0.05) is 44.0 Å². The predicted octanol–water partition coefficient (Wildman–Crippen LogP) is 1.47. The van der Waals surface area contributed by atoms with Gasteiger partial charge in [-0.25, -0.2) is 9.69 Å². The van der Waals surface area contributed by atoms with Crippen molar-refractivity contribution in [2.75, 3.05) is 13.7 Å². The molecule has 1 spiro atoms. The Morgan fingerprint density at radius 1 is 1.29 bits per heavy atom. The molecular formula is C19H28N3O2+. The summed E-state index contributed by atoms with van der Waals surface area (Å²) < 4.78 is 0. The average molecular weight is 330 g/mol. The van der Waals surface area contributed by atoms with Gasteiger partial charge in [0, 0.05) is 5.56 Å². The number of carbonyl (C=O) groups excluding carboxylic acids is 2. The Morgan fingerprint density at radius 2 is 2.04 bits per heavy atom. The monoisotopic (exact) mass is 330 g/mol. The highest BCUT2D eigenvalue weighted by molar-refractivity contribution is 6.07. The van der Waals surface area contributed by atoms with Crippen molar-refractivity contribution < 1.29 is 14.5 Å². The molecule has 3 amide bonds. The molecule has 1 saturated heterocycles. The number of imide groups is 1. The van der Waals surface area contributed by atoms with Crippen LogP contribution in [0.15, 0.2) is 24.3 Å². The molecule has 1 aliphatic heterocycles. The number of aryl methyl sites for hydroxylation is 1. The second kappa shape index (κ2) is 6.55. The van der Waals surface area contributed by atoms with E-state index in [4.69, 9.17) is 0 Å². The van der Waals surface area contributed by atoms with Crippen molar-refractivity contribution in [3.63, 3.8) is 0 Å². The highest BCUT2D eigenvalue weighted by atomic mass is 16.2. The molecule has 3 atom stereocenters. The number of amides is 3. The summed E-state index contributed by atoms with van der Waals surface area (Å²) in [7, 11) is 2.03. The molecule has 5 nitrogen and oxygen atoms in total. The molecule has 0 aromatic heterocycles. The summed E-state index contributed by atoms with van der Waals surface area (Å²) in [5.41, 5.74) is 1.84. The first-order valence-corrected chi connectivity index (χ1v) is 8.94. The number of rotatable bonds is 4. The first kappa shape index (κ1) is 17.0. The van der Waals surface area contributed by atoms with Crippen molar-refractivity contribution in [3.8, 4) is 0 Å². The van der Waals surface area contributed by atoms with Crippen LogP contribution in [0.1, 0.15) is 43.7 Å². The number of quaternary nitrogens is 1. The van der Waals surface area contributed by atoms with Gasteiger partial charge in [-0.2, -0.15) is 0 Å². The van der Waals surface area contributed by atoms with Crippen LogP contribution in [0.25, 0.3) is 0 Å². The van der Waals surface area contributed by atoms with E-state index in [-0.39, 0.29) is 17.9 Å². The smallest absolute Gasteiger partial charge is 0.323 e. The normalized spacial score (nSPS) is 28.3. The summed E-state index contributed by atoms with van der Waals surface area (Å²) in [4.78, 5) is 28.0. The third-order valence-electron chi connectivity index (χ3n) is 5.68. The molecule has 1 aromatic carbocycles. The zero-order chi connectivity index (χ0) is 17.3. The molecule has 0 radical (unpaired) electrons. The van der Waals surface area contributed by atoms with E-state index in [1.807, 2.05) is 19.2 Å². The molecule has 2 aliphatic rings. The third kappa shape index (κ3) is 2.93. The second-order valence-corrected chi connectivity index (χ2v) is 7.50. The molecule has 1 aromatic rings. The van der Waals surface area contributed by atoms with E-state index in [0.717, 1.165) is 37.1 Å².